The number of oxazole rings is 1. The van der Waals surface area contributed by atoms with Gasteiger partial charge < -0.3 is 8.83 Å². The van der Waals surface area contributed by atoms with E-state index in [1.165, 1.54) is 0 Å². The lowest BCUT2D eigenvalue weighted by atomic mass is 9.99. The Balaban J connectivity index is 1.16. The first-order valence-corrected chi connectivity index (χ1v) is 17.1. The number of fused-ring (bicyclic) bond motifs is 5. The number of furan rings is 1. The fourth-order valence-electron chi connectivity index (χ4n) is 6.84. The average molecular weight is 669 g/mol. The van der Waals surface area contributed by atoms with Crippen LogP contribution in [0.4, 0.5) is 0 Å². The molecule has 0 radical (unpaired) electrons. The van der Waals surface area contributed by atoms with Crippen LogP contribution in [0, 0.1) is 0 Å². The maximum absolute atomic E-state index is 6.62. The van der Waals surface area contributed by atoms with Crippen molar-refractivity contribution in [3.63, 3.8) is 0 Å². The van der Waals surface area contributed by atoms with Crippen LogP contribution in [0.3, 0.4) is 0 Å². The van der Waals surface area contributed by atoms with E-state index in [4.69, 9.17) is 28.8 Å². The van der Waals surface area contributed by atoms with Crippen molar-refractivity contribution < 1.29 is 8.83 Å². The van der Waals surface area contributed by atoms with Crippen molar-refractivity contribution in [2.45, 2.75) is 0 Å². The Labute approximate surface area is 298 Å². The van der Waals surface area contributed by atoms with Crippen LogP contribution >= 0.6 is 0 Å². The predicted molar refractivity (Wildman–Crippen MR) is 207 cm³/mol. The van der Waals surface area contributed by atoms with E-state index in [1.54, 1.807) is 0 Å². The summed E-state index contributed by atoms with van der Waals surface area (Å²) in [6.07, 6.45) is 0. The molecule has 3 heterocycles. The number of rotatable bonds is 6. The Hall–Kier alpha value is -7.18. The van der Waals surface area contributed by atoms with Gasteiger partial charge in [-0.3, -0.25) is 0 Å². The first kappa shape index (κ1) is 29.7. The van der Waals surface area contributed by atoms with Crippen molar-refractivity contribution in [3.05, 3.63) is 170 Å². The third-order valence-corrected chi connectivity index (χ3v) is 9.35. The minimum Gasteiger partial charge on any atom is -0.456 e. The largest absolute Gasteiger partial charge is 0.456 e. The first-order valence-electron chi connectivity index (χ1n) is 17.1. The lowest BCUT2D eigenvalue weighted by Gasteiger charge is -2.11. The number of para-hydroxylation sites is 1. The van der Waals surface area contributed by atoms with Crippen LogP contribution < -0.4 is 0 Å². The molecule has 6 nitrogen and oxygen atoms in total. The molecule has 0 saturated heterocycles. The van der Waals surface area contributed by atoms with Gasteiger partial charge in [-0.25, -0.2) is 19.9 Å². The Kier molecular flexibility index (Phi) is 7.03. The molecule has 244 valence electrons. The van der Waals surface area contributed by atoms with Gasteiger partial charge in [0.1, 0.15) is 16.7 Å². The molecule has 0 N–H and O–H groups in total. The van der Waals surface area contributed by atoms with Crippen molar-refractivity contribution in [1.82, 2.24) is 19.9 Å². The van der Waals surface area contributed by atoms with Crippen molar-refractivity contribution >= 4 is 33.0 Å². The molecule has 0 saturated carbocycles. The molecule has 0 aliphatic rings. The van der Waals surface area contributed by atoms with Gasteiger partial charge in [-0.05, 0) is 53.1 Å². The molecule has 0 aliphatic carbocycles. The lowest BCUT2D eigenvalue weighted by molar-refractivity contribution is 0.620. The number of hydrogen-bond acceptors (Lipinski definition) is 6. The van der Waals surface area contributed by atoms with Crippen LogP contribution in [0.15, 0.2) is 179 Å². The quantitative estimate of drug-likeness (QED) is 0.175. The van der Waals surface area contributed by atoms with Crippen LogP contribution in [0.2, 0.25) is 0 Å². The van der Waals surface area contributed by atoms with E-state index < -0.39 is 0 Å². The molecule has 0 bridgehead atoms. The molecule has 7 aromatic carbocycles. The summed E-state index contributed by atoms with van der Waals surface area (Å²) in [6.45, 7) is 0. The van der Waals surface area contributed by atoms with Crippen LogP contribution in [0.5, 0.6) is 0 Å². The summed E-state index contributed by atoms with van der Waals surface area (Å²) in [6, 6.07) is 57.0. The van der Waals surface area contributed by atoms with E-state index in [0.717, 1.165) is 72.0 Å². The van der Waals surface area contributed by atoms with E-state index >= 15 is 0 Å². The first-order chi connectivity index (χ1) is 25.7. The summed E-state index contributed by atoms with van der Waals surface area (Å²) in [5.74, 6) is 2.32. The second kappa shape index (κ2) is 12.3. The normalized spacial score (nSPS) is 11.5. The molecule has 3 aromatic heterocycles. The number of benzene rings is 7. The summed E-state index contributed by atoms with van der Waals surface area (Å²) in [5.41, 5.74) is 10.6. The highest BCUT2D eigenvalue weighted by molar-refractivity contribution is 6.19. The van der Waals surface area contributed by atoms with E-state index in [1.807, 2.05) is 121 Å². The van der Waals surface area contributed by atoms with Crippen molar-refractivity contribution in [1.29, 1.82) is 0 Å². The summed E-state index contributed by atoms with van der Waals surface area (Å²) < 4.78 is 13.0. The standard InChI is InChI=1S/C46H28N4O2/c1-4-14-29(15-5-1)32-20-12-22-34(26-32)44-48-43(30-16-6-2-7-17-30)49-45(50-44)35-23-13-21-33(27-35)37-28-39-40(36-24-10-11-25-38(36)51-39)41-42(37)52-46(47-41)31-18-8-3-9-19-31/h1-28H. The van der Waals surface area contributed by atoms with E-state index in [0.29, 0.717) is 28.9 Å². The van der Waals surface area contributed by atoms with Gasteiger partial charge in [-0.1, -0.05) is 133 Å². The molecule has 0 atom stereocenters. The van der Waals surface area contributed by atoms with Gasteiger partial charge in [0.25, 0.3) is 0 Å². The fraction of sp³-hybridized carbons (Fsp3) is 0. The highest BCUT2D eigenvalue weighted by Gasteiger charge is 2.22. The summed E-state index contributed by atoms with van der Waals surface area (Å²) in [5, 5.41) is 1.93. The van der Waals surface area contributed by atoms with Crippen LogP contribution in [-0.4, -0.2) is 19.9 Å². The zero-order chi connectivity index (χ0) is 34.4. The molecular formula is C46H28N4O2. The number of hydrogen-bond donors (Lipinski definition) is 0. The Morgan fingerprint density at radius 1 is 0.346 bits per heavy atom. The predicted octanol–water partition coefficient (Wildman–Crippen LogP) is 11.9. The molecular weight excluding hydrogens is 641 g/mol. The van der Waals surface area contributed by atoms with Gasteiger partial charge in [0.2, 0.25) is 5.89 Å². The molecule has 10 rings (SSSR count). The van der Waals surface area contributed by atoms with Crippen molar-refractivity contribution in [3.8, 4) is 67.9 Å². The zero-order valence-electron chi connectivity index (χ0n) is 27.8. The topological polar surface area (TPSA) is 77.8 Å². The minimum absolute atomic E-state index is 0.554. The Bertz CT molecular complexity index is 2900. The molecule has 0 amide bonds. The molecule has 0 fully saturated rings. The monoisotopic (exact) mass is 668 g/mol. The Morgan fingerprint density at radius 2 is 0.865 bits per heavy atom. The van der Waals surface area contributed by atoms with E-state index in [9.17, 15) is 0 Å². The molecule has 0 unspecified atom stereocenters. The lowest BCUT2D eigenvalue weighted by Crippen LogP contribution is -2.00. The highest BCUT2D eigenvalue weighted by Crippen LogP contribution is 2.42. The molecule has 10 aromatic rings. The minimum atomic E-state index is 0.554. The SMILES string of the molecule is c1ccc(-c2cccc(-c3nc(-c4ccccc4)nc(-c4cccc(-c5cc6oc7ccccc7c6c6nc(-c7ccccc7)oc56)c4)n3)c2)cc1. The van der Waals surface area contributed by atoms with Crippen molar-refractivity contribution in [2.75, 3.05) is 0 Å². The zero-order valence-corrected chi connectivity index (χ0v) is 27.8. The van der Waals surface area contributed by atoms with Gasteiger partial charge in [-0.15, -0.1) is 0 Å². The third-order valence-electron chi connectivity index (χ3n) is 9.35. The molecule has 52 heavy (non-hydrogen) atoms. The van der Waals surface area contributed by atoms with Gasteiger partial charge in [-0.2, -0.15) is 0 Å². The molecule has 0 spiro atoms. The summed E-state index contributed by atoms with van der Waals surface area (Å²) in [4.78, 5) is 20.1. The van der Waals surface area contributed by atoms with Crippen molar-refractivity contribution in [2.24, 2.45) is 0 Å². The van der Waals surface area contributed by atoms with Gasteiger partial charge in [0.05, 0.1) is 5.39 Å². The van der Waals surface area contributed by atoms with Crippen LogP contribution in [0.25, 0.3) is 101 Å². The van der Waals surface area contributed by atoms with Gasteiger partial charge in [0.15, 0.2) is 23.1 Å². The molecule has 0 aliphatic heterocycles. The highest BCUT2D eigenvalue weighted by atomic mass is 16.4. The van der Waals surface area contributed by atoms with Gasteiger partial charge in [0, 0.05) is 33.2 Å². The fourth-order valence-corrected chi connectivity index (χ4v) is 6.84. The molecule has 6 heteroatoms. The van der Waals surface area contributed by atoms with Gasteiger partial charge >= 0.3 is 0 Å². The maximum atomic E-state index is 6.62. The second-order valence-corrected chi connectivity index (χ2v) is 12.7. The van der Waals surface area contributed by atoms with Crippen LogP contribution in [0.1, 0.15) is 0 Å². The van der Waals surface area contributed by atoms with E-state index in [-0.39, 0.29) is 0 Å². The van der Waals surface area contributed by atoms with Crippen LogP contribution in [-0.2, 0) is 0 Å². The summed E-state index contributed by atoms with van der Waals surface area (Å²) >= 11 is 0. The second-order valence-electron chi connectivity index (χ2n) is 12.7. The Morgan fingerprint density at radius 3 is 1.56 bits per heavy atom. The number of nitrogens with zero attached hydrogens (tertiary/aromatic N) is 4. The smallest absolute Gasteiger partial charge is 0.227 e. The summed E-state index contributed by atoms with van der Waals surface area (Å²) in [7, 11) is 0. The average Bonchev–Trinajstić information content (AvgIpc) is 3.84. The van der Waals surface area contributed by atoms with E-state index in [2.05, 4.69) is 48.5 Å². The number of aromatic nitrogens is 4. The third kappa shape index (κ3) is 5.22. The maximum Gasteiger partial charge on any atom is 0.227 e.